The Morgan fingerprint density at radius 3 is 2.52 bits per heavy atom. The molecule has 0 aliphatic carbocycles. The third-order valence-electron chi connectivity index (χ3n) is 5.01. The number of halogens is 3. The summed E-state index contributed by atoms with van der Waals surface area (Å²) in [6.07, 6.45) is 1.38. The highest BCUT2D eigenvalue weighted by Crippen LogP contribution is 2.40. The molecule has 0 amide bonds. The number of aromatic nitrogens is 1. The number of nitrogens with two attached hydrogens (primary N) is 1. The van der Waals surface area contributed by atoms with Crippen LogP contribution in [-0.4, -0.2) is 35.8 Å². The first kappa shape index (κ1) is 23.6. The maximum absolute atomic E-state index is 14.2. The molecule has 2 aromatic carbocycles. The molecule has 0 radical (unpaired) electrons. The summed E-state index contributed by atoms with van der Waals surface area (Å²) in [6.45, 7) is -1.39. The van der Waals surface area contributed by atoms with E-state index in [9.17, 15) is 13.2 Å². The number of amidine groups is 1. The Morgan fingerprint density at radius 2 is 1.91 bits per heavy atom. The predicted octanol–water partition coefficient (Wildman–Crippen LogP) is 4.09. The lowest BCUT2D eigenvalue weighted by Gasteiger charge is -2.26. The van der Waals surface area contributed by atoms with Gasteiger partial charge in [-0.25, -0.2) is 9.98 Å². The summed E-state index contributed by atoms with van der Waals surface area (Å²) >= 11 is 0. The molecule has 3 aromatic rings. The smallest absolute Gasteiger partial charge is 0.387 e. The van der Waals surface area contributed by atoms with Crippen LogP contribution in [0.4, 0.5) is 13.2 Å². The van der Waals surface area contributed by atoms with Gasteiger partial charge < -0.3 is 20.3 Å². The lowest BCUT2D eigenvalue weighted by atomic mass is 9.82. The van der Waals surface area contributed by atoms with E-state index in [0.717, 1.165) is 0 Å². The molecule has 1 unspecified atom stereocenters. The Balaban J connectivity index is 0.000000968. The van der Waals surface area contributed by atoms with Gasteiger partial charge in [0.15, 0.2) is 5.54 Å². The van der Waals surface area contributed by atoms with Crippen molar-refractivity contribution in [2.24, 2.45) is 10.7 Å². The van der Waals surface area contributed by atoms with Crippen molar-refractivity contribution in [3.63, 3.8) is 0 Å². The molecular weight excluding hydrogens is 439 g/mol. The molecule has 3 N–H and O–H groups in total. The zero-order valence-electron chi connectivity index (χ0n) is 17.4. The first-order valence-electron chi connectivity index (χ1n) is 9.64. The number of benzene rings is 2. The van der Waals surface area contributed by atoms with Crippen LogP contribution in [0, 0.1) is 12.9 Å². The minimum absolute atomic E-state index is 0.0125. The maximum Gasteiger partial charge on any atom is 0.387 e. The number of carboxylic acid groups (broad SMARTS) is 1. The highest BCUT2D eigenvalue weighted by molar-refractivity contribution is 5.76. The lowest BCUT2D eigenvalue weighted by Crippen LogP contribution is -2.27. The van der Waals surface area contributed by atoms with Crippen LogP contribution in [0.25, 0.3) is 11.1 Å². The Hall–Kier alpha value is -4.08. The average Bonchev–Trinajstić information content (AvgIpc) is 3.19. The van der Waals surface area contributed by atoms with Gasteiger partial charge in [0.2, 0.25) is 5.95 Å². The molecule has 0 spiro atoms. The van der Waals surface area contributed by atoms with Crippen molar-refractivity contribution in [2.45, 2.75) is 19.1 Å². The molecule has 4 rings (SSSR count). The monoisotopic (exact) mass is 459 g/mol. The van der Waals surface area contributed by atoms with Crippen molar-refractivity contribution in [2.75, 3.05) is 6.61 Å². The quantitative estimate of drug-likeness (QED) is 0.440. The number of rotatable bonds is 5. The molecule has 33 heavy (non-hydrogen) atoms. The van der Waals surface area contributed by atoms with E-state index in [4.69, 9.17) is 20.4 Å². The van der Waals surface area contributed by atoms with Crippen molar-refractivity contribution < 1.29 is 32.5 Å². The van der Waals surface area contributed by atoms with E-state index < -0.39 is 18.1 Å². The number of hydrogen-bond donors (Lipinski definition) is 2. The summed E-state index contributed by atoms with van der Waals surface area (Å²) < 4.78 is 49.4. The molecule has 0 fully saturated rings. The van der Waals surface area contributed by atoms with E-state index >= 15 is 0 Å². The second-order valence-corrected chi connectivity index (χ2v) is 6.99. The largest absolute Gasteiger partial charge is 0.483 e. The Labute approximate surface area is 187 Å². The molecule has 10 heteroatoms. The molecule has 2 heterocycles. The van der Waals surface area contributed by atoms with Crippen molar-refractivity contribution in [1.29, 1.82) is 0 Å². The van der Waals surface area contributed by atoms with Crippen molar-refractivity contribution in [1.82, 2.24) is 4.98 Å². The van der Waals surface area contributed by atoms with Crippen molar-refractivity contribution in [3.8, 4) is 16.9 Å². The highest BCUT2D eigenvalue weighted by atomic mass is 19.3. The van der Waals surface area contributed by atoms with Crippen LogP contribution < -0.4 is 10.5 Å². The summed E-state index contributed by atoms with van der Waals surface area (Å²) in [7, 11) is 0. The predicted molar refractivity (Wildman–Crippen MR) is 114 cm³/mol. The number of hydrogen-bond acceptors (Lipinski definition) is 6. The first-order valence-corrected chi connectivity index (χ1v) is 9.64. The molecule has 7 nitrogen and oxygen atoms in total. The van der Waals surface area contributed by atoms with Gasteiger partial charge in [-0.2, -0.15) is 13.2 Å². The standard InChI is InChI=1S/C22H18F3N3O2.CH2O2/c1-13-10-16(7-8-18(13)30-20(24)25)22(12-29-21(26)28-22)15-5-2-4-14(11-15)17-6-3-9-27-19(17)23;2-1-3/h2-11,20H,12H2,1H3,(H2,26,28);1H,(H,2,3). The number of aliphatic imine (C=N–C) groups is 1. The maximum atomic E-state index is 14.2. The van der Waals surface area contributed by atoms with Crippen LogP contribution in [0.2, 0.25) is 0 Å². The van der Waals surface area contributed by atoms with Crippen LogP contribution in [0.15, 0.2) is 65.8 Å². The molecule has 1 atom stereocenters. The zero-order valence-corrected chi connectivity index (χ0v) is 17.4. The van der Waals surface area contributed by atoms with Crippen LogP contribution in [0.3, 0.4) is 0 Å². The molecule has 0 saturated carbocycles. The van der Waals surface area contributed by atoms with Gasteiger partial charge in [-0.3, -0.25) is 4.79 Å². The Kier molecular flexibility index (Phi) is 7.17. The number of aryl methyl sites for hydroxylation is 1. The van der Waals surface area contributed by atoms with Gasteiger partial charge in [0, 0.05) is 11.8 Å². The van der Waals surface area contributed by atoms with Crippen LogP contribution in [0.5, 0.6) is 5.75 Å². The first-order chi connectivity index (χ1) is 15.8. The fourth-order valence-corrected chi connectivity index (χ4v) is 3.57. The minimum atomic E-state index is -2.92. The summed E-state index contributed by atoms with van der Waals surface area (Å²) in [6, 6.07) is 15.3. The molecule has 1 aliphatic rings. The second kappa shape index (κ2) is 10.0. The number of nitrogens with zero attached hydrogens (tertiary/aromatic N) is 2. The Morgan fingerprint density at radius 1 is 1.18 bits per heavy atom. The fourth-order valence-electron chi connectivity index (χ4n) is 3.57. The topological polar surface area (TPSA) is 107 Å². The summed E-state index contributed by atoms with van der Waals surface area (Å²) in [5, 5.41) is 6.89. The zero-order chi connectivity index (χ0) is 24.0. The van der Waals surface area contributed by atoms with Gasteiger partial charge in [-0.1, -0.05) is 24.3 Å². The number of pyridine rings is 1. The summed E-state index contributed by atoms with van der Waals surface area (Å²) in [5.74, 6) is -0.510. The van der Waals surface area contributed by atoms with E-state index in [2.05, 4.69) is 14.7 Å². The number of ether oxygens (including phenoxy) is 2. The van der Waals surface area contributed by atoms with E-state index in [0.29, 0.717) is 27.8 Å². The molecule has 172 valence electrons. The molecule has 0 saturated heterocycles. The van der Waals surface area contributed by atoms with Crippen LogP contribution in [-0.2, 0) is 15.1 Å². The second-order valence-electron chi connectivity index (χ2n) is 6.99. The van der Waals surface area contributed by atoms with E-state index in [-0.39, 0.29) is 24.9 Å². The van der Waals surface area contributed by atoms with Gasteiger partial charge in [0.25, 0.3) is 12.5 Å². The molecular formula is C23H20F3N3O4. The van der Waals surface area contributed by atoms with Gasteiger partial charge >= 0.3 is 6.61 Å². The molecule has 1 aromatic heterocycles. The summed E-state index contributed by atoms with van der Waals surface area (Å²) in [5.41, 5.74) is 7.70. The lowest BCUT2D eigenvalue weighted by molar-refractivity contribution is -0.122. The van der Waals surface area contributed by atoms with Gasteiger partial charge in [-0.15, -0.1) is 0 Å². The van der Waals surface area contributed by atoms with Gasteiger partial charge in [0.1, 0.15) is 12.4 Å². The SMILES string of the molecule is Cc1cc(C2(c3cccc(-c4cccnc4F)c3)COC(N)=N2)ccc1OC(F)F.O=CO. The minimum Gasteiger partial charge on any atom is -0.483 e. The fraction of sp³-hybridized carbons (Fsp3) is 0.174. The highest BCUT2D eigenvalue weighted by Gasteiger charge is 2.40. The van der Waals surface area contributed by atoms with Gasteiger partial charge in [-0.05, 0) is 59.5 Å². The molecule has 0 bridgehead atoms. The number of alkyl halides is 2. The van der Waals surface area contributed by atoms with Crippen LogP contribution >= 0.6 is 0 Å². The van der Waals surface area contributed by atoms with E-state index in [1.54, 1.807) is 49.4 Å². The average molecular weight is 459 g/mol. The third kappa shape index (κ3) is 5.05. The van der Waals surface area contributed by atoms with Crippen molar-refractivity contribution in [3.05, 3.63) is 83.4 Å². The normalized spacial score (nSPS) is 16.9. The van der Waals surface area contributed by atoms with Crippen LogP contribution in [0.1, 0.15) is 16.7 Å². The Bertz CT molecular complexity index is 1170. The van der Waals surface area contributed by atoms with E-state index in [1.807, 2.05) is 6.07 Å². The third-order valence-corrected chi connectivity index (χ3v) is 5.01. The van der Waals surface area contributed by atoms with E-state index in [1.165, 1.54) is 12.3 Å². The molecule has 1 aliphatic heterocycles. The number of carbonyl (C=O) groups is 1. The van der Waals surface area contributed by atoms with Crippen molar-refractivity contribution >= 4 is 12.5 Å². The van der Waals surface area contributed by atoms with Gasteiger partial charge in [0.05, 0.1) is 0 Å². The summed E-state index contributed by atoms with van der Waals surface area (Å²) in [4.78, 5) is 16.6.